The van der Waals surface area contributed by atoms with Crippen molar-refractivity contribution in [1.82, 2.24) is 9.13 Å². The Morgan fingerprint density at radius 3 is 1.91 bits per heavy atom. The van der Waals surface area contributed by atoms with Gasteiger partial charge in [0.25, 0.3) is 0 Å². The van der Waals surface area contributed by atoms with Gasteiger partial charge in [-0.3, -0.25) is 0 Å². The van der Waals surface area contributed by atoms with E-state index in [2.05, 4.69) is 181 Å². The number of benzene rings is 7. The molecular formula is C45H32N2. The fourth-order valence-electron chi connectivity index (χ4n) is 8.34. The van der Waals surface area contributed by atoms with Crippen molar-refractivity contribution >= 4 is 43.6 Å². The maximum atomic E-state index is 2.48. The number of hydrogen-bond donors (Lipinski definition) is 0. The van der Waals surface area contributed by atoms with Crippen molar-refractivity contribution in [3.63, 3.8) is 0 Å². The third kappa shape index (κ3) is 3.61. The molecule has 0 saturated heterocycles. The molecule has 0 spiro atoms. The van der Waals surface area contributed by atoms with Gasteiger partial charge in [-0.15, -0.1) is 0 Å². The monoisotopic (exact) mass is 600 g/mol. The van der Waals surface area contributed by atoms with E-state index in [-0.39, 0.29) is 5.41 Å². The largest absolute Gasteiger partial charge is 0.309 e. The van der Waals surface area contributed by atoms with Gasteiger partial charge in [0.15, 0.2) is 0 Å². The van der Waals surface area contributed by atoms with Gasteiger partial charge < -0.3 is 9.13 Å². The summed E-state index contributed by atoms with van der Waals surface area (Å²) in [6.45, 7) is 4.72. The van der Waals surface area contributed by atoms with Gasteiger partial charge in [0, 0.05) is 38.3 Å². The van der Waals surface area contributed by atoms with E-state index in [0.29, 0.717) is 0 Å². The van der Waals surface area contributed by atoms with Gasteiger partial charge >= 0.3 is 0 Å². The van der Waals surface area contributed by atoms with Crippen LogP contribution in [0.15, 0.2) is 158 Å². The van der Waals surface area contributed by atoms with E-state index >= 15 is 0 Å². The van der Waals surface area contributed by atoms with Crippen LogP contribution < -0.4 is 0 Å². The lowest BCUT2D eigenvalue weighted by Gasteiger charge is -2.22. The van der Waals surface area contributed by atoms with Crippen molar-refractivity contribution in [2.24, 2.45) is 0 Å². The van der Waals surface area contributed by atoms with Crippen LogP contribution in [-0.2, 0) is 5.41 Å². The highest BCUT2D eigenvalue weighted by Crippen LogP contribution is 2.50. The first-order chi connectivity index (χ1) is 23.1. The molecule has 222 valence electrons. The molecule has 0 unspecified atom stereocenters. The summed E-state index contributed by atoms with van der Waals surface area (Å²) >= 11 is 0. The van der Waals surface area contributed by atoms with Crippen LogP contribution >= 0.6 is 0 Å². The summed E-state index contributed by atoms with van der Waals surface area (Å²) in [6, 6.07) is 58.0. The minimum Gasteiger partial charge on any atom is -0.309 e. The Morgan fingerprint density at radius 1 is 0.404 bits per heavy atom. The van der Waals surface area contributed by atoms with Crippen LogP contribution in [0.5, 0.6) is 0 Å². The van der Waals surface area contributed by atoms with Crippen molar-refractivity contribution in [1.29, 1.82) is 0 Å². The smallest absolute Gasteiger partial charge is 0.0641 e. The molecular weight excluding hydrogens is 569 g/mol. The molecule has 7 aromatic carbocycles. The van der Waals surface area contributed by atoms with Gasteiger partial charge in [0.2, 0.25) is 0 Å². The molecule has 0 fully saturated rings. The Hall–Kier alpha value is -5.86. The molecule has 2 aromatic heterocycles. The average Bonchev–Trinajstić information content (AvgIpc) is 3.72. The van der Waals surface area contributed by atoms with E-state index in [1.807, 2.05) is 0 Å². The van der Waals surface area contributed by atoms with Gasteiger partial charge in [0.1, 0.15) is 0 Å². The van der Waals surface area contributed by atoms with Crippen LogP contribution in [0, 0.1) is 0 Å². The predicted octanol–water partition coefficient (Wildman–Crippen LogP) is 11.9. The van der Waals surface area contributed by atoms with Gasteiger partial charge in [0.05, 0.1) is 22.1 Å². The lowest BCUT2D eigenvalue weighted by atomic mass is 9.82. The van der Waals surface area contributed by atoms with Crippen LogP contribution in [0.2, 0.25) is 0 Å². The number of rotatable bonds is 3. The zero-order valence-corrected chi connectivity index (χ0v) is 26.4. The maximum Gasteiger partial charge on any atom is 0.0641 e. The van der Waals surface area contributed by atoms with Crippen LogP contribution in [-0.4, -0.2) is 9.13 Å². The second-order valence-electron chi connectivity index (χ2n) is 13.4. The Balaban J connectivity index is 1.30. The molecule has 2 heterocycles. The normalized spacial score (nSPS) is 13.5. The molecule has 47 heavy (non-hydrogen) atoms. The van der Waals surface area contributed by atoms with Gasteiger partial charge in [-0.25, -0.2) is 0 Å². The van der Waals surface area contributed by atoms with Crippen molar-refractivity contribution in [2.45, 2.75) is 19.3 Å². The highest BCUT2D eigenvalue weighted by molar-refractivity contribution is 6.26. The molecule has 0 bridgehead atoms. The fraction of sp³-hybridized carbons (Fsp3) is 0.0667. The topological polar surface area (TPSA) is 9.86 Å². The number of para-hydroxylation sites is 2. The van der Waals surface area contributed by atoms with Crippen molar-refractivity contribution in [3.8, 4) is 33.6 Å². The summed E-state index contributed by atoms with van der Waals surface area (Å²) in [5.41, 5.74) is 15.1. The molecule has 9 aromatic rings. The molecule has 0 amide bonds. The van der Waals surface area contributed by atoms with Crippen molar-refractivity contribution in [2.75, 3.05) is 0 Å². The van der Waals surface area contributed by atoms with Crippen LogP contribution in [0.3, 0.4) is 0 Å². The quantitative estimate of drug-likeness (QED) is 0.191. The molecule has 2 heteroatoms. The van der Waals surface area contributed by atoms with E-state index in [4.69, 9.17) is 0 Å². The lowest BCUT2D eigenvalue weighted by Crippen LogP contribution is -2.15. The molecule has 10 rings (SSSR count). The zero-order chi connectivity index (χ0) is 31.3. The highest BCUT2D eigenvalue weighted by atomic mass is 15.0. The fourth-order valence-corrected chi connectivity index (χ4v) is 8.34. The molecule has 0 radical (unpaired) electrons. The summed E-state index contributed by atoms with van der Waals surface area (Å²) < 4.78 is 4.96. The second kappa shape index (κ2) is 9.57. The first-order valence-corrected chi connectivity index (χ1v) is 16.5. The SMILES string of the molecule is CC1(C)c2ccccc2-c2ccc(-n3c4ccccc4c4c3ccc3c5ccccc5n(-c5cccc(-c6ccccc6)c5)c34)cc21. The first kappa shape index (κ1) is 26.4. The van der Waals surface area contributed by atoms with E-state index in [0.717, 1.165) is 0 Å². The molecule has 0 N–H and O–H groups in total. The molecule has 0 saturated carbocycles. The molecule has 1 aliphatic rings. The van der Waals surface area contributed by atoms with Gasteiger partial charge in [-0.05, 0) is 75.8 Å². The average molecular weight is 601 g/mol. The minimum absolute atomic E-state index is 0.0653. The van der Waals surface area contributed by atoms with Crippen LogP contribution in [0.1, 0.15) is 25.0 Å². The third-order valence-corrected chi connectivity index (χ3v) is 10.5. The van der Waals surface area contributed by atoms with Crippen molar-refractivity contribution < 1.29 is 0 Å². The standard InChI is InChI=1S/C45H32N2/c1-45(2)38-20-9-6-17-33(38)34-24-23-32(28-39(34)45)46-41-22-11-8-19-37(41)43-42(46)26-25-36-35-18-7-10-21-40(35)47(44(36)43)31-16-12-15-30(27-31)29-13-4-3-5-14-29/h3-28H,1-2H3. The Bertz CT molecular complexity index is 2700. The summed E-state index contributed by atoms with van der Waals surface area (Å²) in [6.07, 6.45) is 0. The minimum atomic E-state index is -0.0653. The number of nitrogens with zero attached hydrogens (tertiary/aromatic N) is 2. The zero-order valence-electron chi connectivity index (χ0n) is 26.4. The van der Waals surface area contributed by atoms with E-state index in [1.54, 1.807) is 0 Å². The predicted molar refractivity (Wildman–Crippen MR) is 198 cm³/mol. The van der Waals surface area contributed by atoms with Gasteiger partial charge in [-0.2, -0.15) is 0 Å². The number of fused-ring (bicyclic) bond motifs is 10. The van der Waals surface area contributed by atoms with Crippen LogP contribution in [0.25, 0.3) is 77.2 Å². The lowest BCUT2D eigenvalue weighted by molar-refractivity contribution is 0.660. The maximum absolute atomic E-state index is 2.48. The second-order valence-corrected chi connectivity index (χ2v) is 13.4. The first-order valence-electron chi connectivity index (χ1n) is 16.5. The highest BCUT2D eigenvalue weighted by Gasteiger charge is 2.35. The van der Waals surface area contributed by atoms with E-state index in [1.165, 1.54) is 88.4 Å². The Morgan fingerprint density at radius 2 is 1.06 bits per heavy atom. The third-order valence-electron chi connectivity index (χ3n) is 10.5. The number of hydrogen-bond acceptors (Lipinski definition) is 0. The van der Waals surface area contributed by atoms with Crippen LogP contribution in [0.4, 0.5) is 0 Å². The van der Waals surface area contributed by atoms with Crippen molar-refractivity contribution in [3.05, 3.63) is 169 Å². The Kier molecular flexibility index (Phi) is 5.37. The van der Waals surface area contributed by atoms with E-state index < -0.39 is 0 Å². The Labute approximate surface area is 273 Å². The summed E-state index contributed by atoms with van der Waals surface area (Å²) in [7, 11) is 0. The molecule has 0 aliphatic heterocycles. The summed E-state index contributed by atoms with van der Waals surface area (Å²) in [4.78, 5) is 0. The molecule has 2 nitrogen and oxygen atoms in total. The molecule has 1 aliphatic carbocycles. The van der Waals surface area contributed by atoms with E-state index in [9.17, 15) is 0 Å². The van der Waals surface area contributed by atoms with Gasteiger partial charge in [-0.1, -0.05) is 129 Å². The number of aromatic nitrogens is 2. The summed E-state index contributed by atoms with van der Waals surface area (Å²) in [5.74, 6) is 0. The molecule has 0 atom stereocenters. The summed E-state index contributed by atoms with van der Waals surface area (Å²) in [5, 5.41) is 5.08.